The molecular formula is C19H20N6O2. The minimum absolute atomic E-state index is 0.00163. The molecule has 8 heteroatoms. The molecule has 0 N–H and O–H groups in total. The zero-order valence-electron chi connectivity index (χ0n) is 15.0. The van der Waals surface area contributed by atoms with E-state index in [4.69, 9.17) is 0 Å². The standard InChI is InChI=1S/C19H20N6O2/c1-23-9-7-20-18(23)17(26)15-5-3-8-24(11-15)19(27)14-4-2-6-16(10-14)25-12-21-22-13-25/h2,4,6-7,9-10,12-13,15H,3,5,8,11H2,1H3/t15-/m1/s1. The van der Waals surface area contributed by atoms with Gasteiger partial charge in [-0.25, -0.2) is 4.98 Å². The average molecular weight is 364 g/mol. The number of rotatable bonds is 4. The zero-order chi connectivity index (χ0) is 18.8. The quantitative estimate of drug-likeness (QED) is 0.658. The number of benzene rings is 1. The van der Waals surface area contributed by atoms with Crippen molar-refractivity contribution in [2.45, 2.75) is 12.8 Å². The lowest BCUT2D eigenvalue weighted by Gasteiger charge is -2.32. The summed E-state index contributed by atoms with van der Waals surface area (Å²) in [6, 6.07) is 7.34. The Bertz CT molecular complexity index is 962. The first-order valence-electron chi connectivity index (χ1n) is 8.89. The highest BCUT2D eigenvalue weighted by molar-refractivity contribution is 5.97. The predicted octanol–water partition coefficient (Wildman–Crippen LogP) is 1.74. The van der Waals surface area contributed by atoms with E-state index in [2.05, 4.69) is 15.2 Å². The largest absolute Gasteiger partial charge is 0.338 e. The van der Waals surface area contributed by atoms with Crippen LogP contribution in [0, 0.1) is 5.92 Å². The third-order valence-electron chi connectivity index (χ3n) is 4.93. The summed E-state index contributed by atoms with van der Waals surface area (Å²) in [6.07, 6.45) is 8.14. The maximum Gasteiger partial charge on any atom is 0.253 e. The van der Waals surface area contributed by atoms with Gasteiger partial charge in [0.1, 0.15) is 12.7 Å². The van der Waals surface area contributed by atoms with Crippen molar-refractivity contribution in [1.82, 2.24) is 29.2 Å². The number of likely N-dealkylation sites (tertiary alicyclic amines) is 1. The van der Waals surface area contributed by atoms with Crippen molar-refractivity contribution in [2.24, 2.45) is 13.0 Å². The van der Waals surface area contributed by atoms with Gasteiger partial charge in [0.25, 0.3) is 5.91 Å². The molecule has 1 atom stereocenters. The molecule has 1 aliphatic heterocycles. The predicted molar refractivity (Wildman–Crippen MR) is 97.5 cm³/mol. The molecule has 1 aliphatic rings. The Hall–Kier alpha value is -3.29. The van der Waals surface area contributed by atoms with Crippen LogP contribution in [-0.2, 0) is 7.05 Å². The first-order valence-corrected chi connectivity index (χ1v) is 8.89. The summed E-state index contributed by atoms with van der Waals surface area (Å²) in [5, 5.41) is 7.59. The van der Waals surface area contributed by atoms with E-state index >= 15 is 0 Å². The Kier molecular flexibility index (Phi) is 4.53. The first-order chi connectivity index (χ1) is 13.1. The van der Waals surface area contributed by atoms with E-state index < -0.39 is 0 Å². The highest BCUT2D eigenvalue weighted by Gasteiger charge is 2.31. The fourth-order valence-corrected chi connectivity index (χ4v) is 3.48. The molecule has 1 saturated heterocycles. The topological polar surface area (TPSA) is 85.9 Å². The van der Waals surface area contributed by atoms with Crippen LogP contribution in [0.1, 0.15) is 33.8 Å². The number of carbonyl (C=O) groups is 2. The summed E-state index contributed by atoms with van der Waals surface area (Å²) in [5.41, 5.74) is 1.41. The van der Waals surface area contributed by atoms with Gasteiger partial charge in [0.05, 0.1) is 0 Å². The van der Waals surface area contributed by atoms with Crippen LogP contribution < -0.4 is 0 Å². The lowest BCUT2D eigenvalue weighted by Crippen LogP contribution is -2.42. The van der Waals surface area contributed by atoms with Gasteiger partial charge in [0, 0.05) is 49.7 Å². The Morgan fingerprint density at radius 3 is 2.74 bits per heavy atom. The maximum atomic E-state index is 13.0. The molecule has 4 rings (SSSR count). The number of hydrogen-bond donors (Lipinski definition) is 0. The maximum absolute atomic E-state index is 13.0. The van der Waals surface area contributed by atoms with Crippen LogP contribution in [0.3, 0.4) is 0 Å². The van der Waals surface area contributed by atoms with E-state index in [0.717, 1.165) is 18.5 Å². The van der Waals surface area contributed by atoms with E-state index in [1.807, 2.05) is 25.2 Å². The number of carbonyl (C=O) groups excluding carboxylic acids is 2. The zero-order valence-corrected chi connectivity index (χ0v) is 15.0. The Morgan fingerprint density at radius 2 is 2.00 bits per heavy atom. The molecule has 0 aliphatic carbocycles. The molecule has 0 spiro atoms. The summed E-state index contributed by atoms with van der Waals surface area (Å²) < 4.78 is 3.48. The van der Waals surface area contributed by atoms with Crippen LogP contribution >= 0.6 is 0 Å². The van der Waals surface area contributed by atoms with Gasteiger partial charge in [-0.05, 0) is 31.0 Å². The number of nitrogens with zero attached hydrogens (tertiary/aromatic N) is 6. The van der Waals surface area contributed by atoms with Gasteiger partial charge in [-0.15, -0.1) is 10.2 Å². The second-order valence-electron chi connectivity index (χ2n) is 6.74. The van der Waals surface area contributed by atoms with Crippen LogP contribution in [0.5, 0.6) is 0 Å². The first kappa shape index (κ1) is 17.1. The van der Waals surface area contributed by atoms with Crippen molar-refractivity contribution in [3.05, 3.63) is 60.7 Å². The highest BCUT2D eigenvalue weighted by Crippen LogP contribution is 2.22. The molecule has 2 aromatic heterocycles. The van der Waals surface area contributed by atoms with Crippen molar-refractivity contribution in [1.29, 1.82) is 0 Å². The van der Waals surface area contributed by atoms with E-state index in [-0.39, 0.29) is 17.6 Å². The van der Waals surface area contributed by atoms with Crippen LogP contribution in [-0.4, -0.2) is 54.0 Å². The van der Waals surface area contributed by atoms with Crippen LogP contribution in [0.15, 0.2) is 49.3 Å². The van der Waals surface area contributed by atoms with Crippen LogP contribution in [0.4, 0.5) is 0 Å². The van der Waals surface area contributed by atoms with Gasteiger partial charge in [0.2, 0.25) is 5.78 Å². The summed E-state index contributed by atoms with van der Waals surface area (Å²) in [6.45, 7) is 1.07. The lowest BCUT2D eigenvalue weighted by molar-refractivity contribution is 0.0632. The molecule has 0 saturated carbocycles. The van der Waals surface area contributed by atoms with Gasteiger partial charge in [0.15, 0.2) is 5.82 Å². The van der Waals surface area contributed by atoms with Crippen molar-refractivity contribution in [3.8, 4) is 5.69 Å². The highest BCUT2D eigenvalue weighted by atomic mass is 16.2. The average Bonchev–Trinajstić information content (AvgIpc) is 3.39. The summed E-state index contributed by atoms with van der Waals surface area (Å²) in [5.74, 6) is 0.161. The number of hydrogen-bond acceptors (Lipinski definition) is 5. The SMILES string of the molecule is Cn1ccnc1C(=O)[C@@H]1CCCN(C(=O)c2cccc(-n3cnnc3)c2)C1. The Labute approximate surface area is 156 Å². The third kappa shape index (κ3) is 3.38. The molecule has 1 amide bonds. The molecule has 0 bridgehead atoms. The summed E-state index contributed by atoms with van der Waals surface area (Å²) >= 11 is 0. The number of amides is 1. The van der Waals surface area contributed by atoms with Crippen LogP contribution in [0.25, 0.3) is 5.69 Å². The number of aromatic nitrogens is 5. The van der Waals surface area contributed by atoms with Crippen LogP contribution in [0.2, 0.25) is 0 Å². The van der Waals surface area contributed by atoms with Gasteiger partial charge in [-0.1, -0.05) is 6.07 Å². The smallest absolute Gasteiger partial charge is 0.253 e. The number of piperidine rings is 1. The molecule has 138 valence electrons. The van der Waals surface area contributed by atoms with Crippen molar-refractivity contribution in [2.75, 3.05) is 13.1 Å². The molecule has 0 radical (unpaired) electrons. The molecule has 1 fully saturated rings. The third-order valence-corrected chi connectivity index (χ3v) is 4.93. The molecule has 8 nitrogen and oxygen atoms in total. The summed E-state index contributed by atoms with van der Waals surface area (Å²) in [4.78, 5) is 31.7. The van der Waals surface area contributed by atoms with E-state index in [1.165, 1.54) is 0 Å². The Balaban J connectivity index is 1.51. The molecule has 1 aromatic carbocycles. The number of imidazole rings is 1. The number of ketones is 1. The monoisotopic (exact) mass is 364 g/mol. The fourth-order valence-electron chi connectivity index (χ4n) is 3.48. The van der Waals surface area contributed by atoms with Gasteiger partial charge >= 0.3 is 0 Å². The molecular weight excluding hydrogens is 344 g/mol. The van der Waals surface area contributed by atoms with Gasteiger partial charge in [-0.2, -0.15) is 0 Å². The van der Waals surface area contributed by atoms with Gasteiger partial charge in [-0.3, -0.25) is 14.2 Å². The minimum atomic E-state index is -0.218. The van der Waals surface area contributed by atoms with Crippen molar-refractivity contribution >= 4 is 11.7 Å². The Morgan fingerprint density at radius 1 is 1.19 bits per heavy atom. The van der Waals surface area contributed by atoms with E-state index in [0.29, 0.717) is 24.5 Å². The summed E-state index contributed by atoms with van der Waals surface area (Å²) in [7, 11) is 1.81. The number of aryl methyl sites for hydroxylation is 1. The van der Waals surface area contributed by atoms with E-state index in [1.54, 1.807) is 45.1 Å². The second kappa shape index (κ2) is 7.14. The van der Waals surface area contributed by atoms with Crippen molar-refractivity contribution in [3.63, 3.8) is 0 Å². The minimum Gasteiger partial charge on any atom is -0.338 e. The molecule has 3 heterocycles. The van der Waals surface area contributed by atoms with Gasteiger partial charge < -0.3 is 9.47 Å². The normalized spacial score (nSPS) is 17.1. The molecule has 27 heavy (non-hydrogen) atoms. The molecule has 3 aromatic rings. The second-order valence-corrected chi connectivity index (χ2v) is 6.74. The number of Topliss-reactive ketones (excluding diaryl/α,β-unsaturated/α-hetero) is 1. The lowest BCUT2D eigenvalue weighted by atomic mass is 9.92. The van der Waals surface area contributed by atoms with E-state index in [9.17, 15) is 9.59 Å². The van der Waals surface area contributed by atoms with Crippen molar-refractivity contribution < 1.29 is 9.59 Å². The molecule has 0 unspecified atom stereocenters. The fraction of sp³-hybridized carbons (Fsp3) is 0.316.